The molecular formula is C23H34N4O6S. The first-order valence-electron chi connectivity index (χ1n) is 11.5. The summed E-state index contributed by atoms with van der Waals surface area (Å²) in [5.74, 6) is -1.12. The number of pyridine rings is 1. The van der Waals surface area contributed by atoms with Crippen LogP contribution >= 0.6 is 0 Å². The second kappa shape index (κ2) is 12.7. The average molecular weight is 495 g/mol. The number of Topliss-reactive ketones (excluding diaryl/α,β-unsaturated/α-hetero) is 2. The van der Waals surface area contributed by atoms with Gasteiger partial charge in [-0.25, -0.2) is 13.4 Å². The van der Waals surface area contributed by atoms with Crippen molar-refractivity contribution < 1.29 is 27.6 Å². The Hall–Kier alpha value is -2.66. The van der Waals surface area contributed by atoms with Gasteiger partial charge in [0.15, 0.2) is 10.8 Å². The first-order valence-corrected chi connectivity index (χ1v) is 13.0. The molecule has 0 aliphatic carbocycles. The molecule has 0 radical (unpaired) electrons. The molecule has 2 atom stereocenters. The number of rotatable bonds is 11. The lowest BCUT2D eigenvalue weighted by molar-refractivity contribution is -0.131. The molecule has 11 heteroatoms. The predicted octanol–water partition coefficient (Wildman–Crippen LogP) is 1.21. The zero-order chi connectivity index (χ0) is 25.3. The van der Waals surface area contributed by atoms with Gasteiger partial charge in [-0.15, -0.1) is 0 Å². The minimum absolute atomic E-state index is 0.00440. The molecule has 1 unspecified atom stereocenters. The van der Waals surface area contributed by atoms with E-state index in [0.29, 0.717) is 32.1 Å². The Balaban J connectivity index is 2.03. The Bertz CT molecular complexity index is 980. The van der Waals surface area contributed by atoms with Gasteiger partial charge in [0.25, 0.3) is 10.0 Å². The number of carbonyl (C=O) groups is 4. The molecule has 1 saturated heterocycles. The summed E-state index contributed by atoms with van der Waals surface area (Å²) in [4.78, 5) is 53.0. The minimum Gasteiger partial charge on any atom is -0.344 e. The van der Waals surface area contributed by atoms with Crippen LogP contribution in [-0.2, 0) is 29.2 Å². The molecule has 1 aromatic heterocycles. The second-order valence-corrected chi connectivity index (χ2v) is 10.9. The van der Waals surface area contributed by atoms with E-state index in [-0.39, 0.29) is 42.1 Å². The quantitative estimate of drug-likeness (QED) is 0.471. The van der Waals surface area contributed by atoms with Crippen LogP contribution in [0.25, 0.3) is 0 Å². The fourth-order valence-electron chi connectivity index (χ4n) is 3.73. The maximum absolute atomic E-state index is 12.9. The number of hydrogen-bond donors (Lipinski definition) is 2. The molecule has 188 valence electrons. The van der Waals surface area contributed by atoms with Gasteiger partial charge in [0.2, 0.25) is 11.8 Å². The molecule has 1 aliphatic heterocycles. The van der Waals surface area contributed by atoms with Crippen molar-refractivity contribution in [1.82, 2.24) is 19.9 Å². The lowest BCUT2D eigenvalue weighted by atomic mass is 10.0. The summed E-state index contributed by atoms with van der Waals surface area (Å²) in [6.07, 6.45) is 3.25. The van der Waals surface area contributed by atoms with Gasteiger partial charge in [-0.1, -0.05) is 19.9 Å². The average Bonchev–Trinajstić information content (AvgIpc) is 2.95. The van der Waals surface area contributed by atoms with Gasteiger partial charge >= 0.3 is 0 Å². The van der Waals surface area contributed by atoms with E-state index in [9.17, 15) is 27.6 Å². The maximum Gasteiger partial charge on any atom is 0.260 e. The molecule has 1 aliphatic rings. The van der Waals surface area contributed by atoms with Crippen molar-refractivity contribution in [2.24, 2.45) is 5.92 Å². The van der Waals surface area contributed by atoms with Crippen LogP contribution in [0.3, 0.4) is 0 Å². The monoisotopic (exact) mass is 494 g/mol. The Morgan fingerprint density at radius 2 is 1.94 bits per heavy atom. The number of amides is 2. The zero-order valence-corrected chi connectivity index (χ0v) is 20.8. The molecule has 2 heterocycles. The lowest BCUT2D eigenvalue weighted by Gasteiger charge is -2.23. The van der Waals surface area contributed by atoms with Gasteiger partial charge in [0.05, 0.1) is 12.6 Å². The number of nitrogens with zero attached hydrogens (tertiary/aromatic N) is 2. The highest BCUT2D eigenvalue weighted by atomic mass is 32.2. The lowest BCUT2D eigenvalue weighted by Crippen LogP contribution is -2.52. The van der Waals surface area contributed by atoms with Crippen molar-refractivity contribution in [2.75, 3.05) is 13.1 Å². The molecule has 1 fully saturated rings. The summed E-state index contributed by atoms with van der Waals surface area (Å²) < 4.78 is 26.8. The van der Waals surface area contributed by atoms with Crippen LogP contribution in [0, 0.1) is 5.92 Å². The minimum atomic E-state index is -3.93. The summed E-state index contributed by atoms with van der Waals surface area (Å²) >= 11 is 0. The molecule has 0 saturated carbocycles. The van der Waals surface area contributed by atoms with Gasteiger partial charge in [-0.3, -0.25) is 14.4 Å². The molecule has 0 spiro atoms. The molecule has 2 rings (SSSR count). The van der Waals surface area contributed by atoms with Crippen LogP contribution in [0.5, 0.6) is 0 Å². The summed E-state index contributed by atoms with van der Waals surface area (Å²) in [5, 5.41) is 5.29. The van der Waals surface area contributed by atoms with Crippen LogP contribution < -0.4 is 10.6 Å². The van der Waals surface area contributed by atoms with Crippen molar-refractivity contribution in [3.05, 3.63) is 24.4 Å². The van der Waals surface area contributed by atoms with E-state index in [4.69, 9.17) is 0 Å². The Morgan fingerprint density at radius 1 is 1.21 bits per heavy atom. The molecule has 0 aromatic carbocycles. The summed E-state index contributed by atoms with van der Waals surface area (Å²) in [5.41, 5.74) is 0. The number of ketones is 2. The first-order chi connectivity index (χ1) is 16.0. The Labute approximate surface area is 200 Å². The number of nitrogens with one attached hydrogen (secondary N) is 2. The number of sulfonamides is 1. The predicted molar refractivity (Wildman–Crippen MR) is 125 cm³/mol. The number of aromatic nitrogens is 1. The number of hydrogen-bond acceptors (Lipinski definition) is 7. The summed E-state index contributed by atoms with van der Waals surface area (Å²) in [6, 6.07) is 2.87. The van der Waals surface area contributed by atoms with Gasteiger partial charge in [-0.2, -0.15) is 4.31 Å². The highest BCUT2D eigenvalue weighted by Gasteiger charge is 2.34. The Morgan fingerprint density at radius 3 is 2.56 bits per heavy atom. The third-order valence-electron chi connectivity index (χ3n) is 5.47. The van der Waals surface area contributed by atoms with Crippen LogP contribution in [0.4, 0.5) is 0 Å². The normalized spacial score (nSPS) is 18.2. The molecule has 2 N–H and O–H groups in total. The van der Waals surface area contributed by atoms with Gasteiger partial charge in [-0.05, 0) is 50.7 Å². The summed E-state index contributed by atoms with van der Waals surface area (Å²) in [7, 11) is -3.93. The fourth-order valence-corrected chi connectivity index (χ4v) is 5.10. The third kappa shape index (κ3) is 8.28. The van der Waals surface area contributed by atoms with Gasteiger partial charge in [0, 0.05) is 25.6 Å². The third-order valence-corrected chi connectivity index (χ3v) is 7.23. The van der Waals surface area contributed by atoms with Crippen LogP contribution in [0.15, 0.2) is 29.4 Å². The van der Waals surface area contributed by atoms with Gasteiger partial charge in [0.1, 0.15) is 11.8 Å². The van der Waals surface area contributed by atoms with E-state index < -0.39 is 33.8 Å². The smallest absolute Gasteiger partial charge is 0.260 e. The van der Waals surface area contributed by atoms with Crippen molar-refractivity contribution in [3.63, 3.8) is 0 Å². The van der Waals surface area contributed by atoms with Crippen LogP contribution in [0.1, 0.15) is 59.3 Å². The fraction of sp³-hybridized carbons (Fsp3) is 0.609. The standard InChI is InChI=1S/C23H34N4O6S/c1-16(2)14-19(25-21(30)10-6-8-17(3)28)23(31)26-18-9-7-13-27(15-20(18)29)34(32,33)22-11-4-5-12-24-22/h4-5,11-12,16,18-19H,6-10,13-15H2,1-3H3,(H,25,30)(H,26,31)/t18?,19-/m0/s1. The van der Waals surface area contributed by atoms with E-state index in [1.165, 1.54) is 19.2 Å². The SMILES string of the molecule is CC(=O)CCCC(=O)N[C@@H](CC(C)C)C(=O)NC1CCCN(S(=O)(=O)c2ccccn2)CC1=O. The maximum atomic E-state index is 12.9. The summed E-state index contributed by atoms with van der Waals surface area (Å²) in [6.45, 7) is 5.06. The van der Waals surface area contributed by atoms with Gasteiger partial charge < -0.3 is 15.4 Å². The highest BCUT2D eigenvalue weighted by Crippen LogP contribution is 2.18. The van der Waals surface area contributed by atoms with Crippen LogP contribution in [-0.4, -0.2) is 66.3 Å². The molecule has 0 bridgehead atoms. The van der Waals surface area contributed by atoms with Crippen molar-refractivity contribution in [2.45, 2.75) is 76.4 Å². The first kappa shape index (κ1) is 27.6. The second-order valence-electron chi connectivity index (χ2n) is 8.98. The molecule has 10 nitrogen and oxygen atoms in total. The Kier molecular flexibility index (Phi) is 10.3. The topological polar surface area (TPSA) is 143 Å². The zero-order valence-electron chi connectivity index (χ0n) is 20.0. The van der Waals surface area contributed by atoms with E-state index in [2.05, 4.69) is 15.6 Å². The van der Waals surface area contributed by atoms with Crippen LogP contribution in [0.2, 0.25) is 0 Å². The van der Waals surface area contributed by atoms with Crippen molar-refractivity contribution in [3.8, 4) is 0 Å². The van der Waals surface area contributed by atoms with E-state index in [1.807, 2.05) is 13.8 Å². The molecular weight excluding hydrogens is 460 g/mol. The molecule has 34 heavy (non-hydrogen) atoms. The van der Waals surface area contributed by atoms with E-state index >= 15 is 0 Å². The van der Waals surface area contributed by atoms with Crippen molar-refractivity contribution >= 4 is 33.4 Å². The van der Waals surface area contributed by atoms with E-state index in [0.717, 1.165) is 4.31 Å². The largest absolute Gasteiger partial charge is 0.344 e. The number of carbonyl (C=O) groups excluding carboxylic acids is 4. The highest BCUT2D eigenvalue weighted by molar-refractivity contribution is 7.89. The van der Waals surface area contributed by atoms with Crippen molar-refractivity contribution in [1.29, 1.82) is 0 Å². The molecule has 1 aromatic rings. The van der Waals surface area contributed by atoms with E-state index in [1.54, 1.807) is 12.1 Å². The molecule has 2 amide bonds.